The number of anilines is 1. The Morgan fingerprint density at radius 3 is 2.40 bits per heavy atom. The van der Waals surface area contributed by atoms with E-state index >= 15 is 0 Å². The Morgan fingerprint density at radius 1 is 0.975 bits per heavy atom. The van der Waals surface area contributed by atoms with Crippen molar-refractivity contribution >= 4 is 45.9 Å². The minimum absolute atomic E-state index is 0. The van der Waals surface area contributed by atoms with Crippen LogP contribution in [0.1, 0.15) is 34.5 Å². The highest BCUT2D eigenvalue weighted by Crippen LogP contribution is 2.26. The SMILES string of the molecule is C1COCCO1.Cl.N#Cc1ccc2[nH]cc(CCCCN3CCN(c4ccc5oc(C(N)=O)cc5c4)CC3)c2c1. The second kappa shape index (κ2) is 14.2. The molecule has 2 aliphatic rings. The van der Waals surface area contributed by atoms with Crippen LogP contribution in [-0.2, 0) is 15.9 Å². The highest BCUT2D eigenvalue weighted by Gasteiger charge is 2.18. The molecule has 4 aromatic rings. The summed E-state index contributed by atoms with van der Waals surface area (Å²) < 4.78 is 15.4. The van der Waals surface area contributed by atoms with Gasteiger partial charge in [0.1, 0.15) is 5.58 Å². The molecule has 10 heteroatoms. The minimum atomic E-state index is -0.544. The van der Waals surface area contributed by atoms with E-state index in [1.807, 2.05) is 30.3 Å². The molecule has 2 aliphatic heterocycles. The molecule has 0 aliphatic carbocycles. The lowest BCUT2D eigenvalue weighted by atomic mass is 10.1. The van der Waals surface area contributed by atoms with Gasteiger partial charge in [-0.05, 0) is 73.8 Å². The second-order valence-corrected chi connectivity index (χ2v) is 9.89. The molecule has 1 amide bonds. The van der Waals surface area contributed by atoms with E-state index in [1.54, 1.807) is 6.07 Å². The van der Waals surface area contributed by atoms with E-state index in [1.165, 1.54) is 10.9 Å². The number of hydrogen-bond acceptors (Lipinski definition) is 7. The number of piperazine rings is 1. The number of furan rings is 1. The van der Waals surface area contributed by atoms with E-state index in [0.29, 0.717) is 11.1 Å². The molecule has 2 aromatic carbocycles. The standard InChI is InChI=1S/C26H27N5O2.C4H8O2.ClH/c27-16-18-4-6-23-22(13-18)19(17-29-23)3-1-2-8-30-9-11-31(12-10-30)21-5-7-24-20(14-21)15-25(33-24)26(28)32;1-2-6-4-3-5-1;/h4-7,13-15,17,29H,1-3,8-12H2,(H2,28,32);1-4H2;1H. The van der Waals surface area contributed by atoms with E-state index < -0.39 is 5.91 Å². The van der Waals surface area contributed by atoms with Gasteiger partial charge in [0.15, 0.2) is 5.76 Å². The molecule has 0 saturated carbocycles. The highest BCUT2D eigenvalue weighted by atomic mass is 35.5. The molecule has 0 atom stereocenters. The quantitative estimate of drug-likeness (QED) is 0.317. The molecule has 2 saturated heterocycles. The number of nitrogens with two attached hydrogens (primary N) is 1. The molecular formula is C30H36ClN5O4. The van der Waals surface area contributed by atoms with Crippen LogP contribution in [0.4, 0.5) is 5.69 Å². The van der Waals surface area contributed by atoms with Crippen molar-refractivity contribution in [3.8, 4) is 6.07 Å². The molecule has 3 N–H and O–H groups in total. The fraction of sp³-hybridized carbons (Fsp3) is 0.400. The van der Waals surface area contributed by atoms with Gasteiger partial charge in [-0.1, -0.05) is 0 Å². The third kappa shape index (κ3) is 7.34. The Bertz CT molecular complexity index is 1440. The number of rotatable bonds is 7. The lowest BCUT2D eigenvalue weighted by Gasteiger charge is -2.36. The van der Waals surface area contributed by atoms with E-state index in [0.717, 1.165) is 95.0 Å². The number of primary amides is 1. The van der Waals surface area contributed by atoms with Gasteiger partial charge in [0.25, 0.3) is 5.91 Å². The fourth-order valence-electron chi connectivity index (χ4n) is 5.12. The number of carbonyl (C=O) groups is 1. The van der Waals surface area contributed by atoms with Crippen molar-refractivity contribution in [1.29, 1.82) is 5.26 Å². The van der Waals surface area contributed by atoms with E-state index in [-0.39, 0.29) is 18.2 Å². The van der Waals surface area contributed by atoms with Gasteiger partial charge in [0, 0.05) is 54.4 Å². The molecule has 0 unspecified atom stereocenters. The molecule has 6 rings (SSSR count). The average Bonchev–Trinajstić information content (AvgIpc) is 3.60. The van der Waals surface area contributed by atoms with Gasteiger partial charge in [0.05, 0.1) is 38.1 Å². The molecule has 4 heterocycles. The van der Waals surface area contributed by atoms with E-state index in [4.69, 9.17) is 24.9 Å². The number of aromatic amines is 1. The first kappa shape index (κ1) is 29.4. The molecule has 2 aromatic heterocycles. The third-order valence-corrected chi connectivity index (χ3v) is 7.29. The molecule has 0 radical (unpaired) electrons. The van der Waals surface area contributed by atoms with Crippen molar-refractivity contribution in [2.75, 3.05) is 64.1 Å². The first-order valence-corrected chi connectivity index (χ1v) is 13.6. The maximum absolute atomic E-state index is 11.4. The number of hydrogen-bond donors (Lipinski definition) is 2. The monoisotopic (exact) mass is 565 g/mol. The van der Waals surface area contributed by atoms with Crippen LogP contribution in [0.15, 0.2) is 53.1 Å². The van der Waals surface area contributed by atoms with Gasteiger partial charge in [0.2, 0.25) is 0 Å². The summed E-state index contributed by atoms with van der Waals surface area (Å²) in [7, 11) is 0. The predicted octanol–water partition coefficient (Wildman–Crippen LogP) is 4.48. The molecule has 0 bridgehead atoms. The van der Waals surface area contributed by atoms with Crippen molar-refractivity contribution in [2.45, 2.75) is 19.3 Å². The number of amides is 1. The van der Waals surface area contributed by atoms with Crippen LogP contribution in [0.2, 0.25) is 0 Å². The van der Waals surface area contributed by atoms with E-state index in [9.17, 15) is 4.79 Å². The summed E-state index contributed by atoms with van der Waals surface area (Å²) in [5.41, 5.74) is 10.3. The van der Waals surface area contributed by atoms with Crippen molar-refractivity contribution < 1.29 is 18.7 Å². The van der Waals surface area contributed by atoms with Crippen LogP contribution < -0.4 is 10.6 Å². The number of carbonyl (C=O) groups excluding carboxylic acids is 1. The first-order chi connectivity index (χ1) is 19.1. The van der Waals surface area contributed by atoms with Crippen LogP contribution in [-0.4, -0.2) is 74.9 Å². The topological polar surface area (TPSA) is 121 Å². The Kier molecular flexibility index (Phi) is 10.4. The van der Waals surface area contributed by atoms with Crippen molar-refractivity contribution in [2.24, 2.45) is 5.73 Å². The van der Waals surface area contributed by atoms with Gasteiger partial charge in [-0.2, -0.15) is 5.26 Å². The summed E-state index contributed by atoms with van der Waals surface area (Å²) in [6, 6.07) is 15.8. The van der Waals surface area contributed by atoms with Gasteiger partial charge < -0.3 is 29.5 Å². The zero-order chi connectivity index (χ0) is 27.0. The third-order valence-electron chi connectivity index (χ3n) is 7.29. The maximum Gasteiger partial charge on any atom is 0.284 e. The van der Waals surface area contributed by atoms with Gasteiger partial charge in [-0.15, -0.1) is 12.4 Å². The molecule has 212 valence electrons. The van der Waals surface area contributed by atoms with E-state index in [2.05, 4.69) is 33.1 Å². The van der Waals surface area contributed by atoms with Gasteiger partial charge in [-0.25, -0.2) is 0 Å². The Labute approximate surface area is 240 Å². The number of benzene rings is 2. The number of fused-ring (bicyclic) bond motifs is 2. The Morgan fingerprint density at radius 2 is 1.73 bits per heavy atom. The molecule has 40 heavy (non-hydrogen) atoms. The largest absolute Gasteiger partial charge is 0.451 e. The van der Waals surface area contributed by atoms with Crippen LogP contribution in [0.5, 0.6) is 0 Å². The molecule has 2 fully saturated rings. The zero-order valence-corrected chi connectivity index (χ0v) is 23.4. The number of halogens is 1. The highest BCUT2D eigenvalue weighted by molar-refractivity contribution is 5.95. The average molecular weight is 566 g/mol. The van der Waals surface area contributed by atoms with Crippen LogP contribution >= 0.6 is 12.4 Å². The first-order valence-electron chi connectivity index (χ1n) is 13.6. The summed E-state index contributed by atoms with van der Waals surface area (Å²) in [4.78, 5) is 19.6. The summed E-state index contributed by atoms with van der Waals surface area (Å²) in [5, 5.41) is 11.2. The number of nitrogens with one attached hydrogen (secondary N) is 1. The summed E-state index contributed by atoms with van der Waals surface area (Å²) in [6.07, 6.45) is 5.38. The predicted molar refractivity (Wildman–Crippen MR) is 158 cm³/mol. The fourth-order valence-corrected chi connectivity index (χ4v) is 5.12. The van der Waals surface area contributed by atoms with Crippen molar-refractivity contribution in [3.63, 3.8) is 0 Å². The number of nitriles is 1. The van der Waals surface area contributed by atoms with Crippen LogP contribution in [0.3, 0.4) is 0 Å². The lowest BCUT2D eigenvalue weighted by molar-refractivity contribution is -0.0334. The minimum Gasteiger partial charge on any atom is -0.451 e. The van der Waals surface area contributed by atoms with Gasteiger partial charge >= 0.3 is 0 Å². The normalized spacial score (nSPS) is 15.7. The van der Waals surface area contributed by atoms with Crippen molar-refractivity contribution in [1.82, 2.24) is 9.88 Å². The lowest BCUT2D eigenvalue weighted by Crippen LogP contribution is -2.46. The Balaban J connectivity index is 0.000000470. The molecule has 0 spiro atoms. The Hall–Kier alpha value is -3.55. The maximum atomic E-state index is 11.4. The number of ether oxygens (including phenoxy) is 2. The summed E-state index contributed by atoms with van der Waals surface area (Å²) in [6.45, 7) is 8.24. The van der Waals surface area contributed by atoms with Crippen molar-refractivity contribution in [3.05, 3.63) is 65.5 Å². The number of unbranched alkanes of at least 4 members (excludes halogenated alkanes) is 1. The van der Waals surface area contributed by atoms with Crippen LogP contribution in [0, 0.1) is 11.3 Å². The summed E-state index contributed by atoms with van der Waals surface area (Å²) in [5.74, 6) is -0.344. The number of aryl methyl sites for hydroxylation is 1. The molecule has 9 nitrogen and oxygen atoms in total. The van der Waals surface area contributed by atoms with Gasteiger partial charge in [-0.3, -0.25) is 9.69 Å². The number of aromatic nitrogens is 1. The summed E-state index contributed by atoms with van der Waals surface area (Å²) >= 11 is 0. The second-order valence-electron chi connectivity index (χ2n) is 9.89. The van der Waals surface area contributed by atoms with Crippen LogP contribution in [0.25, 0.3) is 21.9 Å². The smallest absolute Gasteiger partial charge is 0.284 e. The number of nitrogens with zero attached hydrogens (tertiary/aromatic N) is 3. The number of H-pyrrole nitrogens is 1. The molecular weight excluding hydrogens is 530 g/mol. The zero-order valence-electron chi connectivity index (χ0n) is 22.6.